The summed E-state index contributed by atoms with van der Waals surface area (Å²) in [6.45, 7) is 4.84. The van der Waals surface area contributed by atoms with Crippen molar-refractivity contribution in [1.29, 1.82) is 0 Å². The lowest BCUT2D eigenvalue weighted by atomic mass is 9.94. The molecule has 0 bridgehead atoms. The molecule has 6 heteroatoms. The normalized spacial score (nSPS) is 29.3. The third kappa shape index (κ3) is 1.99. The van der Waals surface area contributed by atoms with E-state index < -0.39 is 0 Å². The molecule has 1 aromatic rings. The molecule has 2 N–H and O–H groups in total. The van der Waals surface area contributed by atoms with Crippen molar-refractivity contribution < 1.29 is 4.74 Å². The molecule has 1 aromatic heterocycles. The van der Waals surface area contributed by atoms with Crippen molar-refractivity contribution in [1.82, 2.24) is 10.2 Å². The molecule has 2 rings (SSSR count). The molecule has 1 saturated heterocycles. The molecule has 0 saturated carbocycles. The zero-order valence-corrected chi connectivity index (χ0v) is 10.8. The number of anilines is 1. The minimum Gasteiger partial charge on any atom is -0.376 e. The topological polar surface area (TPSA) is 67.0 Å². The van der Waals surface area contributed by atoms with E-state index >= 15 is 0 Å². The van der Waals surface area contributed by atoms with Crippen LogP contribution < -0.4 is 10.9 Å². The molecule has 0 spiro atoms. The van der Waals surface area contributed by atoms with Gasteiger partial charge in [-0.2, -0.15) is 5.10 Å². The summed E-state index contributed by atoms with van der Waals surface area (Å²) in [6, 6.07) is 0. The Bertz CT molecular complexity index is 448. The number of ether oxygens (including phenoxy) is 1. The summed E-state index contributed by atoms with van der Waals surface area (Å²) in [4.78, 5) is 11.4. The van der Waals surface area contributed by atoms with E-state index in [0.29, 0.717) is 10.2 Å². The molecule has 1 fully saturated rings. The zero-order chi connectivity index (χ0) is 11.8. The van der Waals surface area contributed by atoms with Gasteiger partial charge in [0.25, 0.3) is 5.56 Å². The van der Waals surface area contributed by atoms with Crippen LogP contribution in [0.2, 0.25) is 0 Å². The molecule has 0 amide bonds. The van der Waals surface area contributed by atoms with Crippen molar-refractivity contribution in [3.05, 3.63) is 21.0 Å². The van der Waals surface area contributed by atoms with Gasteiger partial charge in [-0.3, -0.25) is 4.79 Å². The zero-order valence-electron chi connectivity index (χ0n) is 9.21. The summed E-state index contributed by atoms with van der Waals surface area (Å²) in [7, 11) is 0. The first-order valence-corrected chi connectivity index (χ1v) is 5.95. The van der Waals surface area contributed by atoms with Gasteiger partial charge < -0.3 is 10.1 Å². The summed E-state index contributed by atoms with van der Waals surface area (Å²) in [6.07, 6.45) is 2.62. The number of rotatable bonds is 2. The smallest absolute Gasteiger partial charge is 0.280 e. The molecule has 2 heterocycles. The number of hydrogen-bond donors (Lipinski definition) is 2. The van der Waals surface area contributed by atoms with Gasteiger partial charge in [0.2, 0.25) is 0 Å². The number of nitrogens with one attached hydrogen (secondary N) is 2. The second-order valence-electron chi connectivity index (χ2n) is 4.23. The highest BCUT2D eigenvalue weighted by Gasteiger charge is 2.37. The standard InChI is InChI=1S/C10H14BrN3O2/c1-6-10(2,3-4-16-6)13-7-5-12-14-9(15)8(7)11/h5-6H,3-4H2,1-2H3,(H2,13,14,15). The minimum atomic E-state index is -0.236. The lowest BCUT2D eigenvalue weighted by molar-refractivity contribution is 0.105. The third-order valence-electron chi connectivity index (χ3n) is 3.10. The van der Waals surface area contributed by atoms with E-state index in [2.05, 4.69) is 38.4 Å². The highest BCUT2D eigenvalue weighted by atomic mass is 79.9. The van der Waals surface area contributed by atoms with Gasteiger partial charge in [0.15, 0.2) is 0 Å². The van der Waals surface area contributed by atoms with Crippen LogP contribution in [-0.2, 0) is 4.74 Å². The Morgan fingerprint density at radius 1 is 1.75 bits per heavy atom. The van der Waals surface area contributed by atoms with Crippen molar-refractivity contribution in [2.24, 2.45) is 0 Å². The first kappa shape index (κ1) is 11.6. The average Bonchev–Trinajstić information content (AvgIpc) is 2.55. The second-order valence-corrected chi connectivity index (χ2v) is 5.03. The van der Waals surface area contributed by atoms with E-state index in [0.717, 1.165) is 13.0 Å². The van der Waals surface area contributed by atoms with Gasteiger partial charge >= 0.3 is 0 Å². The lowest BCUT2D eigenvalue weighted by Gasteiger charge is -2.30. The number of aromatic amines is 1. The number of halogens is 1. The molecule has 0 radical (unpaired) electrons. The Morgan fingerprint density at radius 2 is 2.50 bits per heavy atom. The van der Waals surface area contributed by atoms with Gasteiger partial charge in [0, 0.05) is 6.61 Å². The van der Waals surface area contributed by atoms with Crippen molar-refractivity contribution in [2.75, 3.05) is 11.9 Å². The van der Waals surface area contributed by atoms with Crippen LogP contribution in [0.25, 0.3) is 0 Å². The van der Waals surface area contributed by atoms with Gasteiger partial charge in [-0.1, -0.05) is 0 Å². The fourth-order valence-electron chi connectivity index (χ4n) is 1.78. The summed E-state index contributed by atoms with van der Waals surface area (Å²) < 4.78 is 6.00. The maximum absolute atomic E-state index is 11.4. The van der Waals surface area contributed by atoms with Crippen LogP contribution in [0.15, 0.2) is 15.5 Å². The maximum Gasteiger partial charge on any atom is 0.280 e. The second kappa shape index (κ2) is 4.18. The fourth-order valence-corrected chi connectivity index (χ4v) is 2.07. The van der Waals surface area contributed by atoms with Gasteiger partial charge in [-0.25, -0.2) is 5.10 Å². The first-order chi connectivity index (χ1) is 7.53. The van der Waals surface area contributed by atoms with Crippen LogP contribution in [0, 0.1) is 0 Å². The summed E-state index contributed by atoms with van der Waals surface area (Å²) in [5.41, 5.74) is 0.307. The van der Waals surface area contributed by atoms with Crippen molar-refractivity contribution >= 4 is 21.6 Å². The molecule has 1 aliphatic rings. The van der Waals surface area contributed by atoms with Gasteiger partial charge in [-0.05, 0) is 36.2 Å². The fraction of sp³-hybridized carbons (Fsp3) is 0.600. The van der Waals surface area contributed by atoms with Crippen LogP contribution >= 0.6 is 15.9 Å². The first-order valence-electron chi connectivity index (χ1n) is 5.16. The number of aromatic nitrogens is 2. The molecule has 16 heavy (non-hydrogen) atoms. The monoisotopic (exact) mass is 287 g/mol. The molecular weight excluding hydrogens is 274 g/mol. The Kier molecular flexibility index (Phi) is 3.03. The van der Waals surface area contributed by atoms with E-state index in [9.17, 15) is 4.79 Å². The van der Waals surface area contributed by atoms with E-state index in [1.165, 1.54) is 0 Å². The summed E-state index contributed by atoms with van der Waals surface area (Å²) in [5.74, 6) is 0. The van der Waals surface area contributed by atoms with Crippen LogP contribution in [0.5, 0.6) is 0 Å². The lowest BCUT2D eigenvalue weighted by Crippen LogP contribution is -2.41. The van der Waals surface area contributed by atoms with E-state index in [1.807, 2.05) is 6.92 Å². The predicted octanol–water partition coefficient (Wildman–Crippen LogP) is 1.51. The van der Waals surface area contributed by atoms with Gasteiger partial charge in [0.1, 0.15) is 4.47 Å². The van der Waals surface area contributed by atoms with Gasteiger partial charge in [-0.15, -0.1) is 0 Å². The molecule has 1 aliphatic heterocycles. The van der Waals surface area contributed by atoms with Crippen molar-refractivity contribution in [2.45, 2.75) is 31.9 Å². The Morgan fingerprint density at radius 3 is 3.12 bits per heavy atom. The molecule has 2 atom stereocenters. The summed E-state index contributed by atoms with van der Waals surface area (Å²) >= 11 is 3.24. The minimum absolute atomic E-state index is 0.110. The molecule has 0 aliphatic carbocycles. The van der Waals surface area contributed by atoms with Crippen LogP contribution in [-0.4, -0.2) is 28.4 Å². The van der Waals surface area contributed by atoms with Crippen molar-refractivity contribution in [3.63, 3.8) is 0 Å². The largest absolute Gasteiger partial charge is 0.376 e. The number of hydrogen-bond acceptors (Lipinski definition) is 4. The molecule has 88 valence electrons. The van der Waals surface area contributed by atoms with Gasteiger partial charge in [0.05, 0.1) is 23.5 Å². The predicted molar refractivity (Wildman–Crippen MR) is 64.6 cm³/mol. The Labute approximate surface area is 102 Å². The number of H-pyrrole nitrogens is 1. The Balaban J connectivity index is 2.27. The molecule has 5 nitrogen and oxygen atoms in total. The van der Waals surface area contributed by atoms with E-state index in [4.69, 9.17) is 4.74 Å². The summed E-state index contributed by atoms with van der Waals surface area (Å²) in [5, 5.41) is 9.46. The van der Waals surface area contributed by atoms with E-state index in [1.54, 1.807) is 6.20 Å². The van der Waals surface area contributed by atoms with Crippen molar-refractivity contribution in [3.8, 4) is 0 Å². The van der Waals surface area contributed by atoms with Crippen LogP contribution in [0.4, 0.5) is 5.69 Å². The Hall–Kier alpha value is -0.880. The highest BCUT2D eigenvalue weighted by Crippen LogP contribution is 2.30. The van der Waals surface area contributed by atoms with Crippen LogP contribution in [0.3, 0.4) is 0 Å². The maximum atomic E-state index is 11.4. The average molecular weight is 288 g/mol. The van der Waals surface area contributed by atoms with Crippen LogP contribution in [0.1, 0.15) is 20.3 Å². The third-order valence-corrected chi connectivity index (χ3v) is 3.89. The van der Waals surface area contributed by atoms with E-state index in [-0.39, 0.29) is 17.2 Å². The quantitative estimate of drug-likeness (QED) is 0.865. The molecule has 2 unspecified atom stereocenters. The molecule has 0 aromatic carbocycles. The highest BCUT2D eigenvalue weighted by molar-refractivity contribution is 9.10. The molecular formula is C10H14BrN3O2. The SMILES string of the molecule is CC1OCCC1(C)Nc1cn[nH]c(=O)c1Br. The number of nitrogens with zero attached hydrogens (tertiary/aromatic N) is 1.